The smallest absolute Gasteiger partial charge is 0.269 e. The van der Waals surface area contributed by atoms with Gasteiger partial charge in [-0.1, -0.05) is 30.3 Å². The number of benzene rings is 2. The molecule has 0 N–H and O–H groups in total. The summed E-state index contributed by atoms with van der Waals surface area (Å²) in [7, 11) is 3.87. The third kappa shape index (κ3) is 3.67. The minimum Gasteiger partial charge on any atom is -0.355 e. The molecule has 0 aliphatic heterocycles. The Kier molecular flexibility index (Phi) is 5.30. The molecule has 0 saturated carbocycles. The zero-order chi connectivity index (χ0) is 23.8. The molecule has 0 unspecified atom stereocenters. The standard InChI is InChI=1S/C26H23N7O/c1-17-19-8-5-7-11-23(19)33(26(34)21(17)12-27)16-24-29-22-10-6-4-9-20(22)25(30-24)31(2)14-18-13-28-32(3)15-18/h4-11,13,15H,14,16H2,1-3H3. The van der Waals surface area contributed by atoms with Gasteiger partial charge in [0, 0.05) is 43.2 Å². The Labute approximate surface area is 196 Å². The van der Waals surface area contributed by atoms with Crippen LogP contribution in [-0.4, -0.2) is 31.4 Å². The van der Waals surface area contributed by atoms with Crippen molar-refractivity contribution in [2.24, 2.45) is 7.05 Å². The van der Waals surface area contributed by atoms with E-state index in [0.29, 0.717) is 17.9 Å². The second-order valence-corrected chi connectivity index (χ2v) is 8.38. The van der Waals surface area contributed by atoms with Gasteiger partial charge in [0.2, 0.25) is 0 Å². The Hall–Kier alpha value is -4.51. The SMILES string of the molecule is Cc1c(C#N)c(=O)n(Cc2nc(N(C)Cc3cnn(C)c3)c3ccccc3n2)c2ccccc12. The van der Waals surface area contributed by atoms with Crippen LogP contribution in [0.5, 0.6) is 0 Å². The van der Waals surface area contributed by atoms with Crippen LogP contribution >= 0.6 is 0 Å². The third-order valence-electron chi connectivity index (χ3n) is 6.01. The molecule has 8 nitrogen and oxygen atoms in total. The molecular formula is C26H23N7O. The van der Waals surface area contributed by atoms with E-state index in [4.69, 9.17) is 9.97 Å². The molecule has 0 aliphatic rings. The van der Waals surface area contributed by atoms with Crippen molar-refractivity contribution in [2.45, 2.75) is 20.0 Å². The van der Waals surface area contributed by atoms with Gasteiger partial charge in [0.15, 0.2) is 5.82 Å². The minimum absolute atomic E-state index is 0.147. The van der Waals surface area contributed by atoms with Crippen LogP contribution in [-0.2, 0) is 20.1 Å². The molecular weight excluding hydrogens is 426 g/mol. The number of fused-ring (bicyclic) bond motifs is 2. The van der Waals surface area contributed by atoms with Gasteiger partial charge in [-0.3, -0.25) is 14.0 Å². The van der Waals surface area contributed by atoms with Crippen LogP contribution in [0.3, 0.4) is 0 Å². The predicted octanol–water partition coefficient (Wildman–Crippen LogP) is 3.54. The molecule has 3 heterocycles. The van der Waals surface area contributed by atoms with Crippen molar-refractivity contribution in [1.29, 1.82) is 5.26 Å². The Bertz CT molecular complexity index is 1640. The average molecular weight is 450 g/mol. The molecule has 0 aliphatic carbocycles. The molecule has 0 amide bonds. The molecule has 168 valence electrons. The molecule has 2 aromatic carbocycles. The Morgan fingerprint density at radius 2 is 1.79 bits per heavy atom. The second-order valence-electron chi connectivity index (χ2n) is 8.38. The molecule has 0 saturated heterocycles. The Morgan fingerprint density at radius 3 is 2.53 bits per heavy atom. The fourth-order valence-electron chi connectivity index (χ4n) is 4.37. The summed E-state index contributed by atoms with van der Waals surface area (Å²) in [6.07, 6.45) is 3.81. The summed E-state index contributed by atoms with van der Waals surface area (Å²) in [6, 6.07) is 17.5. The second kappa shape index (κ2) is 8.45. The van der Waals surface area contributed by atoms with E-state index in [2.05, 4.69) is 16.1 Å². The summed E-state index contributed by atoms with van der Waals surface area (Å²) < 4.78 is 3.37. The van der Waals surface area contributed by atoms with Gasteiger partial charge in [-0.25, -0.2) is 9.97 Å². The molecule has 0 fully saturated rings. The van der Waals surface area contributed by atoms with Crippen molar-refractivity contribution < 1.29 is 0 Å². The lowest BCUT2D eigenvalue weighted by molar-refractivity contribution is 0.739. The van der Waals surface area contributed by atoms with Crippen LogP contribution in [0.25, 0.3) is 21.8 Å². The summed E-state index contributed by atoms with van der Waals surface area (Å²) in [5, 5.41) is 15.7. The van der Waals surface area contributed by atoms with Crippen LogP contribution in [0.2, 0.25) is 0 Å². The molecule has 0 spiro atoms. The van der Waals surface area contributed by atoms with Gasteiger partial charge in [0.1, 0.15) is 17.5 Å². The number of para-hydroxylation sites is 2. The maximum absolute atomic E-state index is 13.2. The van der Waals surface area contributed by atoms with Gasteiger partial charge in [-0.2, -0.15) is 10.4 Å². The monoisotopic (exact) mass is 449 g/mol. The molecule has 5 rings (SSSR count). The van der Waals surface area contributed by atoms with E-state index >= 15 is 0 Å². The van der Waals surface area contributed by atoms with E-state index in [1.807, 2.05) is 81.9 Å². The summed E-state index contributed by atoms with van der Waals surface area (Å²) in [6.45, 7) is 2.60. The topological polar surface area (TPSA) is 92.6 Å². The first-order valence-electron chi connectivity index (χ1n) is 10.9. The van der Waals surface area contributed by atoms with Crippen LogP contribution in [0.15, 0.2) is 65.7 Å². The lowest BCUT2D eigenvalue weighted by atomic mass is 10.0. The molecule has 5 aromatic rings. The average Bonchev–Trinajstić information content (AvgIpc) is 3.26. The first-order valence-corrected chi connectivity index (χ1v) is 10.9. The van der Waals surface area contributed by atoms with Crippen molar-refractivity contribution in [3.63, 3.8) is 0 Å². The number of aryl methyl sites for hydroxylation is 2. The largest absolute Gasteiger partial charge is 0.355 e. The number of pyridine rings is 1. The number of nitriles is 1. The van der Waals surface area contributed by atoms with Gasteiger partial charge in [0.05, 0.1) is 23.8 Å². The van der Waals surface area contributed by atoms with Crippen molar-refractivity contribution in [1.82, 2.24) is 24.3 Å². The fraction of sp³-hybridized carbons (Fsp3) is 0.192. The van der Waals surface area contributed by atoms with Crippen molar-refractivity contribution >= 4 is 27.6 Å². The van der Waals surface area contributed by atoms with Gasteiger partial charge in [-0.05, 0) is 30.7 Å². The normalized spacial score (nSPS) is 11.1. The molecule has 34 heavy (non-hydrogen) atoms. The number of hydrogen-bond donors (Lipinski definition) is 0. The number of aromatic nitrogens is 5. The predicted molar refractivity (Wildman–Crippen MR) is 132 cm³/mol. The fourth-order valence-corrected chi connectivity index (χ4v) is 4.37. The Morgan fingerprint density at radius 1 is 1.06 bits per heavy atom. The summed E-state index contributed by atoms with van der Waals surface area (Å²) in [5.41, 5.74) is 3.12. The zero-order valence-corrected chi connectivity index (χ0v) is 19.2. The number of rotatable bonds is 5. The van der Waals surface area contributed by atoms with Crippen molar-refractivity contribution in [2.75, 3.05) is 11.9 Å². The van der Waals surface area contributed by atoms with Crippen LogP contribution in [0.1, 0.15) is 22.5 Å². The van der Waals surface area contributed by atoms with E-state index in [9.17, 15) is 10.1 Å². The molecule has 0 radical (unpaired) electrons. The molecule has 8 heteroatoms. The van der Waals surface area contributed by atoms with Gasteiger partial charge >= 0.3 is 0 Å². The van der Waals surface area contributed by atoms with Crippen LogP contribution < -0.4 is 10.5 Å². The first kappa shape index (κ1) is 21.3. The van der Waals surface area contributed by atoms with E-state index in [0.717, 1.165) is 33.2 Å². The summed E-state index contributed by atoms with van der Waals surface area (Å²) >= 11 is 0. The molecule has 3 aromatic heterocycles. The van der Waals surface area contributed by atoms with E-state index in [1.165, 1.54) is 0 Å². The van der Waals surface area contributed by atoms with E-state index in [1.54, 1.807) is 9.25 Å². The highest BCUT2D eigenvalue weighted by molar-refractivity contribution is 5.89. The number of hydrogen-bond acceptors (Lipinski definition) is 6. The quantitative estimate of drug-likeness (QED) is 0.407. The summed E-state index contributed by atoms with van der Waals surface area (Å²) in [4.78, 5) is 24.9. The summed E-state index contributed by atoms with van der Waals surface area (Å²) in [5.74, 6) is 1.28. The Balaban J connectivity index is 1.64. The number of anilines is 1. The van der Waals surface area contributed by atoms with Crippen LogP contribution in [0, 0.1) is 18.3 Å². The van der Waals surface area contributed by atoms with Crippen molar-refractivity contribution in [3.05, 3.63) is 93.8 Å². The highest BCUT2D eigenvalue weighted by Crippen LogP contribution is 2.25. The van der Waals surface area contributed by atoms with Gasteiger partial charge < -0.3 is 4.90 Å². The molecule has 0 bridgehead atoms. The van der Waals surface area contributed by atoms with Crippen LogP contribution in [0.4, 0.5) is 5.82 Å². The lowest BCUT2D eigenvalue weighted by Crippen LogP contribution is -2.26. The first-order chi connectivity index (χ1) is 16.5. The van der Waals surface area contributed by atoms with E-state index < -0.39 is 0 Å². The highest BCUT2D eigenvalue weighted by atomic mass is 16.1. The maximum Gasteiger partial charge on any atom is 0.269 e. The molecule has 0 atom stereocenters. The van der Waals surface area contributed by atoms with Gasteiger partial charge in [-0.15, -0.1) is 0 Å². The zero-order valence-electron chi connectivity index (χ0n) is 19.2. The van der Waals surface area contributed by atoms with Gasteiger partial charge in [0.25, 0.3) is 5.56 Å². The van der Waals surface area contributed by atoms with Crippen molar-refractivity contribution in [3.8, 4) is 6.07 Å². The maximum atomic E-state index is 13.2. The number of nitrogens with zero attached hydrogens (tertiary/aromatic N) is 7. The highest BCUT2D eigenvalue weighted by Gasteiger charge is 2.17. The third-order valence-corrected chi connectivity index (χ3v) is 6.01. The minimum atomic E-state index is -0.333. The van der Waals surface area contributed by atoms with E-state index in [-0.39, 0.29) is 17.7 Å². The lowest BCUT2D eigenvalue weighted by Gasteiger charge is -2.20.